The van der Waals surface area contributed by atoms with Crippen LogP contribution in [0.15, 0.2) is 0 Å². The smallest absolute Gasteiger partial charge is 0.0109 e. The molecule has 0 aromatic carbocycles. The van der Waals surface area contributed by atoms with Crippen molar-refractivity contribution in [3.8, 4) is 0 Å². The van der Waals surface area contributed by atoms with Crippen LogP contribution in [0.3, 0.4) is 0 Å². The van der Waals surface area contributed by atoms with Crippen molar-refractivity contribution in [3.05, 3.63) is 7.05 Å². The molecule has 0 atom stereocenters. The van der Waals surface area contributed by atoms with E-state index in [0.29, 0.717) is 0 Å². The van der Waals surface area contributed by atoms with E-state index in [1.54, 1.807) is 0 Å². The molecule has 1 radical (unpaired) electrons. The van der Waals surface area contributed by atoms with Gasteiger partial charge < -0.3 is 10.6 Å². The summed E-state index contributed by atoms with van der Waals surface area (Å²) in [6.07, 6.45) is 1.05. The van der Waals surface area contributed by atoms with Gasteiger partial charge in [-0.15, -0.1) is 0 Å². The molecular weight excluding hydrogens is 100 g/mol. The van der Waals surface area contributed by atoms with Crippen LogP contribution in [0.4, 0.5) is 0 Å². The van der Waals surface area contributed by atoms with Gasteiger partial charge in [-0.1, -0.05) is 6.92 Å². The highest BCUT2D eigenvalue weighted by Crippen LogP contribution is 1.84. The Morgan fingerprint density at radius 3 is 2.62 bits per heavy atom. The van der Waals surface area contributed by atoms with E-state index in [-0.39, 0.29) is 0 Å². The summed E-state index contributed by atoms with van der Waals surface area (Å²) in [6.45, 7) is 4.89. The van der Waals surface area contributed by atoms with Crippen LogP contribution in [0.2, 0.25) is 0 Å². The second kappa shape index (κ2) is 5.06. The van der Waals surface area contributed by atoms with Crippen molar-refractivity contribution in [2.24, 2.45) is 5.73 Å². The molecule has 0 bridgehead atoms. The van der Waals surface area contributed by atoms with Gasteiger partial charge in [0, 0.05) is 7.05 Å². The fourth-order valence-corrected chi connectivity index (χ4v) is 0.473. The van der Waals surface area contributed by atoms with Gasteiger partial charge in [-0.2, -0.15) is 0 Å². The molecule has 8 heavy (non-hydrogen) atoms. The van der Waals surface area contributed by atoms with Gasteiger partial charge in [0.15, 0.2) is 0 Å². The third-order valence-electron chi connectivity index (χ3n) is 1.13. The highest BCUT2D eigenvalue weighted by Gasteiger charge is 1.89. The minimum atomic E-state index is 0.770. The van der Waals surface area contributed by atoms with Gasteiger partial charge in [0.2, 0.25) is 0 Å². The first-order valence-electron chi connectivity index (χ1n) is 3.06. The average molecular weight is 115 g/mol. The van der Waals surface area contributed by atoms with E-state index in [9.17, 15) is 0 Å². The SMILES string of the molecule is [CH2]N(CC)CCCN. The molecule has 2 N–H and O–H groups in total. The number of nitrogens with zero attached hydrogens (tertiary/aromatic N) is 1. The molecule has 0 amide bonds. The van der Waals surface area contributed by atoms with Crippen LogP contribution >= 0.6 is 0 Å². The largest absolute Gasteiger partial charge is 0.330 e. The van der Waals surface area contributed by atoms with Gasteiger partial charge in [-0.25, -0.2) is 0 Å². The van der Waals surface area contributed by atoms with Gasteiger partial charge in [-0.3, -0.25) is 0 Å². The first kappa shape index (κ1) is 7.92. The summed E-state index contributed by atoms with van der Waals surface area (Å²) in [5, 5.41) is 0. The van der Waals surface area contributed by atoms with Crippen LogP contribution in [0.25, 0.3) is 0 Å². The highest BCUT2D eigenvalue weighted by molar-refractivity contribution is 4.51. The lowest BCUT2D eigenvalue weighted by molar-refractivity contribution is 0.386. The third kappa shape index (κ3) is 4.09. The minimum Gasteiger partial charge on any atom is -0.330 e. The topological polar surface area (TPSA) is 29.3 Å². The lowest BCUT2D eigenvalue weighted by Crippen LogP contribution is -2.18. The average Bonchev–Trinajstić information content (AvgIpc) is 1.83. The van der Waals surface area contributed by atoms with E-state index in [2.05, 4.69) is 14.0 Å². The van der Waals surface area contributed by atoms with Crippen LogP contribution in [-0.2, 0) is 0 Å². The lowest BCUT2D eigenvalue weighted by Gasteiger charge is -2.11. The van der Waals surface area contributed by atoms with E-state index >= 15 is 0 Å². The van der Waals surface area contributed by atoms with Crippen molar-refractivity contribution in [1.82, 2.24) is 4.90 Å². The summed E-state index contributed by atoms with van der Waals surface area (Å²) in [5.74, 6) is 0. The van der Waals surface area contributed by atoms with Crippen molar-refractivity contribution < 1.29 is 0 Å². The van der Waals surface area contributed by atoms with Crippen LogP contribution in [0.5, 0.6) is 0 Å². The molecule has 0 aliphatic rings. The number of hydrogen-bond acceptors (Lipinski definition) is 2. The molecule has 49 valence electrons. The molecule has 0 fully saturated rings. The van der Waals surface area contributed by atoms with Crippen LogP contribution in [-0.4, -0.2) is 24.5 Å². The zero-order valence-electron chi connectivity index (χ0n) is 5.56. The monoisotopic (exact) mass is 115 g/mol. The normalized spacial score (nSPS) is 10.5. The summed E-state index contributed by atoms with van der Waals surface area (Å²) in [5.41, 5.74) is 5.28. The standard InChI is InChI=1S/C6H15N2/c1-3-8(2)6-4-5-7/h2-7H2,1H3. The Hall–Kier alpha value is -0.0800. The Balaban J connectivity index is 2.86. The van der Waals surface area contributed by atoms with Gasteiger partial charge in [0.25, 0.3) is 0 Å². The van der Waals surface area contributed by atoms with Gasteiger partial charge >= 0.3 is 0 Å². The molecule has 0 heterocycles. The Labute approximate surface area is 51.7 Å². The number of nitrogens with two attached hydrogens (primary N) is 1. The van der Waals surface area contributed by atoms with Crippen molar-refractivity contribution >= 4 is 0 Å². The maximum Gasteiger partial charge on any atom is 0.0109 e. The zero-order valence-corrected chi connectivity index (χ0v) is 5.56. The maximum absolute atomic E-state index is 5.28. The second-order valence-electron chi connectivity index (χ2n) is 1.85. The number of hydrogen-bond donors (Lipinski definition) is 1. The molecule has 0 aliphatic heterocycles. The van der Waals surface area contributed by atoms with Crippen molar-refractivity contribution in [1.29, 1.82) is 0 Å². The summed E-state index contributed by atoms with van der Waals surface area (Å²) in [4.78, 5) is 2.01. The highest BCUT2D eigenvalue weighted by atomic mass is 15.1. The quantitative estimate of drug-likeness (QED) is 0.576. The summed E-state index contributed by atoms with van der Waals surface area (Å²) in [7, 11) is 3.77. The fourth-order valence-electron chi connectivity index (χ4n) is 0.473. The van der Waals surface area contributed by atoms with Crippen molar-refractivity contribution in [2.75, 3.05) is 19.6 Å². The van der Waals surface area contributed by atoms with Gasteiger partial charge in [0.1, 0.15) is 0 Å². The van der Waals surface area contributed by atoms with E-state index in [1.807, 2.05) is 4.90 Å². The first-order valence-corrected chi connectivity index (χ1v) is 3.06. The molecule has 2 nitrogen and oxygen atoms in total. The molecule has 0 aliphatic carbocycles. The number of rotatable bonds is 4. The van der Waals surface area contributed by atoms with E-state index in [0.717, 1.165) is 26.1 Å². The summed E-state index contributed by atoms with van der Waals surface area (Å²) < 4.78 is 0. The maximum atomic E-state index is 5.28. The predicted molar refractivity (Wildman–Crippen MR) is 36.3 cm³/mol. The molecule has 2 heteroatoms. The van der Waals surface area contributed by atoms with Crippen LogP contribution in [0, 0.1) is 7.05 Å². The molecule has 0 spiro atoms. The van der Waals surface area contributed by atoms with Gasteiger partial charge in [0.05, 0.1) is 0 Å². The Morgan fingerprint density at radius 2 is 2.25 bits per heavy atom. The Bertz CT molecular complexity index is 45.8. The molecule has 0 rings (SSSR count). The summed E-state index contributed by atoms with van der Waals surface area (Å²) in [6, 6.07) is 0. The lowest BCUT2D eigenvalue weighted by atomic mass is 10.4. The summed E-state index contributed by atoms with van der Waals surface area (Å²) >= 11 is 0. The van der Waals surface area contributed by atoms with Crippen LogP contribution in [0.1, 0.15) is 13.3 Å². The van der Waals surface area contributed by atoms with Crippen LogP contribution < -0.4 is 5.73 Å². The van der Waals surface area contributed by atoms with Crippen molar-refractivity contribution in [3.63, 3.8) is 0 Å². The van der Waals surface area contributed by atoms with Crippen molar-refractivity contribution in [2.45, 2.75) is 13.3 Å². The molecule has 0 saturated carbocycles. The first-order chi connectivity index (χ1) is 3.81. The molecular formula is C6H15N2. The molecule has 0 saturated heterocycles. The predicted octanol–water partition coefficient (Wildman–Crippen LogP) is 0.449. The zero-order chi connectivity index (χ0) is 6.41. The van der Waals surface area contributed by atoms with E-state index in [4.69, 9.17) is 5.73 Å². The van der Waals surface area contributed by atoms with E-state index in [1.165, 1.54) is 0 Å². The fraction of sp³-hybridized carbons (Fsp3) is 0.833. The Kier molecular flexibility index (Phi) is 5.01. The van der Waals surface area contributed by atoms with Gasteiger partial charge in [-0.05, 0) is 26.1 Å². The molecule has 0 aromatic heterocycles. The van der Waals surface area contributed by atoms with E-state index < -0.39 is 0 Å². The minimum absolute atomic E-state index is 0.770. The molecule has 0 unspecified atom stereocenters. The second-order valence-corrected chi connectivity index (χ2v) is 1.85. The third-order valence-corrected chi connectivity index (χ3v) is 1.13. The Morgan fingerprint density at radius 1 is 1.62 bits per heavy atom. The molecule has 0 aromatic rings.